The van der Waals surface area contributed by atoms with Crippen LogP contribution in [0, 0.1) is 0 Å². The van der Waals surface area contributed by atoms with E-state index in [1.165, 1.54) is 43.3 Å². The zero-order valence-corrected chi connectivity index (χ0v) is 10.4. The third-order valence-electron chi connectivity index (χ3n) is 3.70. The molecule has 1 saturated heterocycles. The number of Topliss-reactive ketones (excluding diaryl/α,β-unsaturated/α-hetero) is 1. The SMILES string of the molecule is CCCC[N+]1(CCCC)CCC(=O)CC1. The van der Waals surface area contributed by atoms with Crippen LogP contribution in [0.5, 0.6) is 0 Å². The van der Waals surface area contributed by atoms with Gasteiger partial charge < -0.3 is 4.48 Å². The van der Waals surface area contributed by atoms with Crippen molar-refractivity contribution in [3.05, 3.63) is 0 Å². The molecular formula is C13H26NO+. The van der Waals surface area contributed by atoms with Gasteiger partial charge in [-0.25, -0.2) is 0 Å². The van der Waals surface area contributed by atoms with E-state index in [1.807, 2.05) is 0 Å². The second-order valence-corrected chi connectivity index (χ2v) is 4.98. The number of hydrogen-bond acceptors (Lipinski definition) is 1. The summed E-state index contributed by atoms with van der Waals surface area (Å²) < 4.78 is 1.23. The molecule has 0 aromatic heterocycles. The monoisotopic (exact) mass is 212 g/mol. The number of nitrogens with zero attached hydrogens (tertiary/aromatic N) is 1. The summed E-state index contributed by atoms with van der Waals surface area (Å²) >= 11 is 0. The van der Waals surface area contributed by atoms with Gasteiger partial charge in [0, 0.05) is 0 Å². The molecular weight excluding hydrogens is 186 g/mol. The van der Waals surface area contributed by atoms with E-state index in [4.69, 9.17) is 0 Å². The predicted molar refractivity (Wildman–Crippen MR) is 63.8 cm³/mol. The van der Waals surface area contributed by atoms with Crippen LogP contribution in [0.3, 0.4) is 0 Å². The van der Waals surface area contributed by atoms with Crippen LogP contribution in [0.1, 0.15) is 52.4 Å². The van der Waals surface area contributed by atoms with Crippen LogP contribution in [-0.2, 0) is 4.79 Å². The lowest BCUT2D eigenvalue weighted by atomic mass is 10.0. The number of rotatable bonds is 6. The highest BCUT2D eigenvalue weighted by atomic mass is 16.1. The molecule has 0 amide bonds. The Balaban J connectivity index is 2.47. The van der Waals surface area contributed by atoms with E-state index < -0.39 is 0 Å². The second-order valence-electron chi connectivity index (χ2n) is 4.98. The molecule has 0 saturated carbocycles. The first-order chi connectivity index (χ1) is 7.22. The Morgan fingerprint density at radius 3 is 1.87 bits per heavy atom. The molecule has 0 unspecified atom stereocenters. The summed E-state index contributed by atoms with van der Waals surface area (Å²) in [4.78, 5) is 11.3. The Morgan fingerprint density at radius 2 is 1.47 bits per heavy atom. The highest BCUT2D eigenvalue weighted by Gasteiger charge is 2.31. The van der Waals surface area contributed by atoms with Crippen LogP contribution in [-0.4, -0.2) is 36.4 Å². The summed E-state index contributed by atoms with van der Waals surface area (Å²) in [5.41, 5.74) is 0. The Kier molecular flexibility index (Phi) is 5.30. The number of carbonyl (C=O) groups excluding carboxylic acids is 1. The summed E-state index contributed by atoms with van der Waals surface area (Å²) in [5.74, 6) is 0.483. The van der Waals surface area contributed by atoms with Crippen LogP contribution in [0.2, 0.25) is 0 Å². The summed E-state index contributed by atoms with van der Waals surface area (Å²) in [6.07, 6.45) is 6.84. The zero-order chi connectivity index (χ0) is 11.1. The molecule has 0 radical (unpaired) electrons. The predicted octanol–water partition coefficient (Wildman–Crippen LogP) is 2.77. The molecule has 1 aliphatic heterocycles. The van der Waals surface area contributed by atoms with Crippen LogP contribution in [0.15, 0.2) is 0 Å². The first kappa shape index (κ1) is 12.7. The van der Waals surface area contributed by atoms with Gasteiger partial charge >= 0.3 is 0 Å². The average molecular weight is 212 g/mol. The van der Waals surface area contributed by atoms with Gasteiger partial charge in [-0.3, -0.25) is 4.79 Å². The minimum atomic E-state index is 0.483. The zero-order valence-electron chi connectivity index (χ0n) is 10.4. The second kappa shape index (κ2) is 6.26. The fraction of sp³-hybridized carbons (Fsp3) is 0.923. The highest BCUT2D eigenvalue weighted by molar-refractivity contribution is 5.78. The highest BCUT2D eigenvalue weighted by Crippen LogP contribution is 2.19. The van der Waals surface area contributed by atoms with E-state index in [0.717, 1.165) is 25.9 Å². The Labute approximate surface area is 94.2 Å². The van der Waals surface area contributed by atoms with Gasteiger partial charge in [-0.1, -0.05) is 26.7 Å². The molecule has 0 N–H and O–H groups in total. The number of piperidine rings is 1. The van der Waals surface area contributed by atoms with Crippen molar-refractivity contribution in [1.29, 1.82) is 0 Å². The number of quaternary nitrogens is 1. The number of likely N-dealkylation sites (tertiary alicyclic amines) is 1. The number of unbranched alkanes of at least 4 members (excludes halogenated alkanes) is 2. The normalized spacial score (nSPS) is 20.5. The van der Waals surface area contributed by atoms with Crippen molar-refractivity contribution in [1.82, 2.24) is 0 Å². The lowest BCUT2D eigenvalue weighted by Gasteiger charge is -2.41. The minimum Gasteiger partial charge on any atom is -0.323 e. The fourth-order valence-corrected chi connectivity index (χ4v) is 2.51. The molecule has 15 heavy (non-hydrogen) atoms. The van der Waals surface area contributed by atoms with E-state index in [2.05, 4.69) is 13.8 Å². The lowest BCUT2D eigenvalue weighted by molar-refractivity contribution is -0.929. The largest absolute Gasteiger partial charge is 0.323 e. The first-order valence-electron chi connectivity index (χ1n) is 6.59. The molecule has 1 heterocycles. The van der Waals surface area contributed by atoms with Gasteiger partial charge in [0.05, 0.1) is 39.0 Å². The maximum absolute atomic E-state index is 11.3. The maximum atomic E-state index is 11.3. The molecule has 0 aliphatic carbocycles. The molecule has 1 rings (SSSR count). The molecule has 0 atom stereocenters. The Hall–Kier alpha value is -0.370. The number of ketones is 1. The van der Waals surface area contributed by atoms with Gasteiger partial charge in [0.2, 0.25) is 0 Å². The van der Waals surface area contributed by atoms with Crippen molar-refractivity contribution in [3.63, 3.8) is 0 Å². The van der Waals surface area contributed by atoms with Crippen LogP contribution in [0.25, 0.3) is 0 Å². The summed E-state index contributed by atoms with van der Waals surface area (Å²) in [7, 11) is 0. The number of hydrogen-bond donors (Lipinski definition) is 0. The average Bonchev–Trinajstić information content (AvgIpc) is 2.27. The van der Waals surface area contributed by atoms with Crippen molar-refractivity contribution >= 4 is 5.78 Å². The third kappa shape index (κ3) is 3.94. The fourth-order valence-electron chi connectivity index (χ4n) is 2.51. The molecule has 2 nitrogen and oxygen atoms in total. The Bertz CT molecular complexity index is 181. The van der Waals surface area contributed by atoms with E-state index in [1.54, 1.807) is 0 Å². The minimum absolute atomic E-state index is 0.483. The van der Waals surface area contributed by atoms with Gasteiger partial charge in [-0.05, 0) is 12.8 Å². The molecule has 2 heteroatoms. The van der Waals surface area contributed by atoms with Crippen LogP contribution < -0.4 is 0 Å². The van der Waals surface area contributed by atoms with E-state index in [-0.39, 0.29) is 0 Å². The van der Waals surface area contributed by atoms with Crippen LogP contribution >= 0.6 is 0 Å². The van der Waals surface area contributed by atoms with Crippen molar-refractivity contribution in [2.75, 3.05) is 26.2 Å². The van der Waals surface area contributed by atoms with Gasteiger partial charge in [0.25, 0.3) is 0 Å². The molecule has 0 aromatic rings. The quantitative estimate of drug-likeness (QED) is 0.619. The van der Waals surface area contributed by atoms with Gasteiger partial charge in [0.15, 0.2) is 0 Å². The number of carbonyl (C=O) groups is 1. The topological polar surface area (TPSA) is 17.1 Å². The van der Waals surface area contributed by atoms with E-state index in [0.29, 0.717) is 5.78 Å². The standard InChI is InChI=1S/C13H26NO/c1-3-5-9-14(10-6-4-2)11-7-13(15)8-12-14/h3-12H2,1-2H3/q+1. The lowest BCUT2D eigenvalue weighted by Crippen LogP contribution is -2.54. The summed E-state index contributed by atoms with van der Waals surface area (Å²) in [6, 6.07) is 0. The first-order valence-corrected chi connectivity index (χ1v) is 6.59. The molecule has 88 valence electrons. The van der Waals surface area contributed by atoms with Crippen molar-refractivity contribution < 1.29 is 9.28 Å². The van der Waals surface area contributed by atoms with E-state index in [9.17, 15) is 4.79 Å². The van der Waals surface area contributed by atoms with Crippen molar-refractivity contribution in [3.8, 4) is 0 Å². The molecule has 1 aliphatic rings. The van der Waals surface area contributed by atoms with Gasteiger partial charge in [0.1, 0.15) is 5.78 Å². The molecule has 0 bridgehead atoms. The Morgan fingerprint density at radius 1 is 1.00 bits per heavy atom. The van der Waals surface area contributed by atoms with Crippen molar-refractivity contribution in [2.24, 2.45) is 0 Å². The van der Waals surface area contributed by atoms with Crippen LogP contribution in [0.4, 0.5) is 0 Å². The van der Waals surface area contributed by atoms with Gasteiger partial charge in [-0.15, -0.1) is 0 Å². The van der Waals surface area contributed by atoms with E-state index >= 15 is 0 Å². The smallest absolute Gasteiger partial charge is 0.144 e. The maximum Gasteiger partial charge on any atom is 0.144 e. The molecule has 0 spiro atoms. The summed E-state index contributed by atoms with van der Waals surface area (Å²) in [5, 5.41) is 0. The molecule has 1 fully saturated rings. The van der Waals surface area contributed by atoms with Crippen molar-refractivity contribution in [2.45, 2.75) is 52.4 Å². The molecule has 0 aromatic carbocycles. The summed E-state index contributed by atoms with van der Waals surface area (Å²) in [6.45, 7) is 9.32. The van der Waals surface area contributed by atoms with Gasteiger partial charge in [-0.2, -0.15) is 0 Å². The third-order valence-corrected chi connectivity index (χ3v) is 3.70.